The summed E-state index contributed by atoms with van der Waals surface area (Å²) < 4.78 is 2.09. The number of hydrogen-bond acceptors (Lipinski definition) is 4. The monoisotopic (exact) mass is 265 g/mol. The first-order chi connectivity index (χ1) is 8.24. The van der Waals surface area contributed by atoms with Crippen LogP contribution in [0, 0.1) is 0 Å². The van der Waals surface area contributed by atoms with Crippen molar-refractivity contribution in [3.8, 4) is 0 Å². The lowest BCUT2D eigenvalue weighted by Crippen LogP contribution is -2.37. The van der Waals surface area contributed by atoms with E-state index in [9.17, 15) is 4.79 Å². The van der Waals surface area contributed by atoms with Gasteiger partial charge in [-0.2, -0.15) is 0 Å². The van der Waals surface area contributed by atoms with Crippen LogP contribution in [-0.4, -0.2) is 26.9 Å². The standard InChI is InChI=1S/C11H11N3OS2/c15-11(9-5-8(16)7-17-9)14-4-3-13-2-1-12-10(13)6-14/h1-2,5,7,16H,3-4,6H2. The van der Waals surface area contributed by atoms with Crippen LogP contribution in [0.25, 0.3) is 0 Å². The van der Waals surface area contributed by atoms with Crippen LogP contribution in [0.5, 0.6) is 0 Å². The Morgan fingerprint density at radius 2 is 2.35 bits per heavy atom. The first-order valence-corrected chi connectivity index (χ1v) is 6.63. The van der Waals surface area contributed by atoms with Crippen molar-refractivity contribution in [3.05, 3.63) is 34.5 Å². The molecule has 88 valence electrons. The zero-order valence-electron chi connectivity index (χ0n) is 9.04. The summed E-state index contributed by atoms with van der Waals surface area (Å²) in [6.07, 6.45) is 3.73. The summed E-state index contributed by atoms with van der Waals surface area (Å²) in [6, 6.07) is 1.82. The lowest BCUT2D eigenvalue weighted by Gasteiger charge is -2.27. The minimum atomic E-state index is 0.0737. The molecule has 0 saturated heterocycles. The smallest absolute Gasteiger partial charge is 0.264 e. The van der Waals surface area contributed by atoms with Gasteiger partial charge in [0, 0.05) is 35.8 Å². The molecule has 4 nitrogen and oxygen atoms in total. The van der Waals surface area contributed by atoms with E-state index >= 15 is 0 Å². The number of hydrogen-bond donors (Lipinski definition) is 1. The molecule has 0 spiro atoms. The molecule has 0 aromatic carbocycles. The number of carbonyl (C=O) groups excluding carboxylic acids is 1. The van der Waals surface area contributed by atoms with Crippen LogP contribution in [0.4, 0.5) is 0 Å². The lowest BCUT2D eigenvalue weighted by atomic mass is 10.3. The van der Waals surface area contributed by atoms with Gasteiger partial charge >= 0.3 is 0 Å². The predicted octanol–water partition coefficient (Wildman–Crippen LogP) is 1.89. The summed E-state index contributed by atoms with van der Waals surface area (Å²) in [6.45, 7) is 2.15. The van der Waals surface area contributed by atoms with Gasteiger partial charge in [-0.05, 0) is 6.07 Å². The lowest BCUT2D eigenvalue weighted by molar-refractivity contribution is 0.0712. The quantitative estimate of drug-likeness (QED) is 0.800. The number of nitrogens with zero attached hydrogens (tertiary/aromatic N) is 3. The van der Waals surface area contributed by atoms with E-state index in [1.807, 2.05) is 22.5 Å². The maximum atomic E-state index is 12.2. The van der Waals surface area contributed by atoms with Crippen LogP contribution in [0.15, 0.2) is 28.7 Å². The largest absolute Gasteiger partial charge is 0.332 e. The fraction of sp³-hybridized carbons (Fsp3) is 0.273. The molecule has 0 radical (unpaired) electrons. The molecule has 0 atom stereocenters. The first kappa shape index (κ1) is 10.9. The highest BCUT2D eigenvalue weighted by Crippen LogP contribution is 2.21. The molecule has 17 heavy (non-hydrogen) atoms. The SMILES string of the molecule is O=C(c1cc(S)cs1)N1CCn2ccnc2C1. The van der Waals surface area contributed by atoms with Crippen LogP contribution >= 0.6 is 24.0 Å². The highest BCUT2D eigenvalue weighted by atomic mass is 32.1. The maximum absolute atomic E-state index is 12.2. The Morgan fingerprint density at radius 1 is 1.47 bits per heavy atom. The second-order valence-electron chi connectivity index (χ2n) is 3.93. The molecule has 1 aliphatic heterocycles. The zero-order valence-corrected chi connectivity index (χ0v) is 10.7. The van der Waals surface area contributed by atoms with Crippen molar-refractivity contribution >= 4 is 29.9 Å². The Kier molecular flexibility index (Phi) is 2.68. The minimum Gasteiger partial charge on any atom is -0.332 e. The van der Waals surface area contributed by atoms with E-state index in [0.29, 0.717) is 6.54 Å². The van der Waals surface area contributed by atoms with Crippen molar-refractivity contribution in [1.29, 1.82) is 0 Å². The summed E-state index contributed by atoms with van der Waals surface area (Å²) in [4.78, 5) is 19.9. The summed E-state index contributed by atoms with van der Waals surface area (Å²) in [7, 11) is 0. The van der Waals surface area contributed by atoms with Gasteiger partial charge in [-0.25, -0.2) is 4.98 Å². The molecule has 0 unspecified atom stereocenters. The van der Waals surface area contributed by atoms with Crippen molar-refractivity contribution in [2.75, 3.05) is 6.54 Å². The van der Waals surface area contributed by atoms with Crippen LogP contribution in [0.3, 0.4) is 0 Å². The van der Waals surface area contributed by atoms with Crippen molar-refractivity contribution in [2.45, 2.75) is 18.0 Å². The second kappa shape index (κ2) is 4.19. The Labute approximate surface area is 108 Å². The Balaban J connectivity index is 1.81. The van der Waals surface area contributed by atoms with E-state index in [1.165, 1.54) is 11.3 Å². The summed E-state index contributed by atoms with van der Waals surface area (Å²) in [5.74, 6) is 1.02. The number of fused-ring (bicyclic) bond motifs is 1. The second-order valence-corrected chi connectivity index (χ2v) is 5.36. The molecule has 0 saturated carbocycles. The van der Waals surface area contributed by atoms with Gasteiger partial charge in [0.15, 0.2) is 0 Å². The molecule has 1 aliphatic rings. The highest BCUT2D eigenvalue weighted by molar-refractivity contribution is 7.80. The molecule has 1 amide bonds. The molecule has 0 N–H and O–H groups in total. The van der Waals surface area contributed by atoms with Crippen molar-refractivity contribution in [1.82, 2.24) is 14.5 Å². The first-order valence-electron chi connectivity index (χ1n) is 5.31. The molecule has 3 rings (SSSR count). The molecule has 3 heterocycles. The third-order valence-corrected chi connectivity index (χ3v) is 4.18. The Bertz CT molecular complexity index is 561. The molecule has 0 aliphatic carbocycles. The van der Waals surface area contributed by atoms with E-state index in [-0.39, 0.29) is 5.91 Å². The van der Waals surface area contributed by atoms with E-state index in [4.69, 9.17) is 0 Å². The molecular formula is C11H11N3OS2. The maximum Gasteiger partial charge on any atom is 0.264 e. The van der Waals surface area contributed by atoms with E-state index < -0.39 is 0 Å². The number of thiol groups is 1. The van der Waals surface area contributed by atoms with Gasteiger partial charge in [-0.15, -0.1) is 24.0 Å². The number of imidazole rings is 1. The topological polar surface area (TPSA) is 38.1 Å². The Morgan fingerprint density at radius 3 is 3.12 bits per heavy atom. The van der Waals surface area contributed by atoms with Gasteiger partial charge in [0.2, 0.25) is 0 Å². The van der Waals surface area contributed by atoms with Crippen molar-refractivity contribution in [2.24, 2.45) is 0 Å². The molecule has 0 bridgehead atoms. The van der Waals surface area contributed by atoms with E-state index in [2.05, 4.69) is 22.2 Å². The fourth-order valence-electron chi connectivity index (χ4n) is 1.94. The van der Waals surface area contributed by atoms with Gasteiger partial charge in [0.05, 0.1) is 11.4 Å². The van der Waals surface area contributed by atoms with E-state index in [0.717, 1.165) is 28.7 Å². The zero-order chi connectivity index (χ0) is 11.8. The van der Waals surface area contributed by atoms with Gasteiger partial charge in [0.1, 0.15) is 5.82 Å². The van der Waals surface area contributed by atoms with Crippen LogP contribution in [0.1, 0.15) is 15.5 Å². The molecule has 2 aromatic rings. The minimum absolute atomic E-state index is 0.0737. The van der Waals surface area contributed by atoms with Gasteiger partial charge in [-0.3, -0.25) is 4.79 Å². The molecule has 2 aromatic heterocycles. The average Bonchev–Trinajstić information content (AvgIpc) is 2.95. The summed E-state index contributed by atoms with van der Waals surface area (Å²) in [5, 5.41) is 1.88. The number of aromatic nitrogens is 2. The number of rotatable bonds is 1. The Hall–Kier alpha value is -1.27. The summed E-state index contributed by atoms with van der Waals surface area (Å²) in [5.41, 5.74) is 0. The van der Waals surface area contributed by atoms with Crippen LogP contribution in [0.2, 0.25) is 0 Å². The molecular weight excluding hydrogens is 254 g/mol. The fourth-order valence-corrected chi connectivity index (χ4v) is 3.06. The van der Waals surface area contributed by atoms with Crippen molar-refractivity contribution in [3.63, 3.8) is 0 Å². The summed E-state index contributed by atoms with van der Waals surface area (Å²) >= 11 is 5.66. The van der Waals surface area contributed by atoms with Gasteiger partial charge < -0.3 is 9.47 Å². The highest BCUT2D eigenvalue weighted by Gasteiger charge is 2.22. The van der Waals surface area contributed by atoms with Crippen LogP contribution < -0.4 is 0 Å². The average molecular weight is 265 g/mol. The molecule has 0 fully saturated rings. The van der Waals surface area contributed by atoms with Crippen LogP contribution in [-0.2, 0) is 13.1 Å². The predicted molar refractivity (Wildman–Crippen MR) is 68.5 cm³/mol. The normalized spacial score (nSPS) is 14.8. The molecule has 6 heteroatoms. The van der Waals surface area contributed by atoms with Gasteiger partial charge in [-0.1, -0.05) is 0 Å². The number of thiophene rings is 1. The van der Waals surface area contributed by atoms with E-state index in [1.54, 1.807) is 6.20 Å². The number of carbonyl (C=O) groups is 1. The number of amides is 1. The van der Waals surface area contributed by atoms with Gasteiger partial charge in [0.25, 0.3) is 5.91 Å². The third-order valence-electron chi connectivity index (χ3n) is 2.83. The third kappa shape index (κ3) is 1.98. The van der Waals surface area contributed by atoms with Crippen molar-refractivity contribution < 1.29 is 4.79 Å².